The number of hydrogen-bond donors (Lipinski definition) is 1. The molecule has 1 rings (SSSR count). The van der Waals surface area contributed by atoms with Crippen molar-refractivity contribution in [3.05, 3.63) is 11.6 Å². The number of aryl methyl sites for hydroxylation is 2. The first-order valence-corrected chi connectivity index (χ1v) is 8.46. The van der Waals surface area contributed by atoms with Gasteiger partial charge in [0.25, 0.3) is 5.82 Å². The summed E-state index contributed by atoms with van der Waals surface area (Å²) in [6, 6.07) is 0. The Balaban J connectivity index is 2.89. The molecular formula is C16H33N4+. The van der Waals surface area contributed by atoms with Gasteiger partial charge < -0.3 is 0 Å². The molecule has 0 aliphatic carbocycles. The number of nitrogens with one attached hydrogen (secondary N) is 1. The largest absolute Gasteiger partial charge is 0.302 e. The van der Waals surface area contributed by atoms with Gasteiger partial charge in [-0.2, -0.15) is 0 Å². The summed E-state index contributed by atoms with van der Waals surface area (Å²) in [6.45, 7) is 7.79. The van der Waals surface area contributed by atoms with E-state index in [4.69, 9.17) is 5.10 Å². The van der Waals surface area contributed by atoms with E-state index in [2.05, 4.69) is 35.6 Å². The Morgan fingerprint density at radius 3 is 2.20 bits per heavy atom. The topological polar surface area (TPSA) is 33.7 Å². The van der Waals surface area contributed by atoms with Gasteiger partial charge in [0.15, 0.2) is 0 Å². The van der Waals surface area contributed by atoms with Crippen molar-refractivity contribution in [3.63, 3.8) is 0 Å². The molecule has 0 saturated heterocycles. The van der Waals surface area contributed by atoms with Gasteiger partial charge in [0.1, 0.15) is 6.54 Å². The van der Waals surface area contributed by atoms with E-state index >= 15 is 0 Å². The van der Waals surface area contributed by atoms with Crippen LogP contribution in [0.3, 0.4) is 0 Å². The minimum absolute atomic E-state index is 1.06. The predicted octanol–water partition coefficient (Wildman–Crippen LogP) is 3.22. The van der Waals surface area contributed by atoms with E-state index in [1.807, 2.05) is 7.05 Å². The molecule has 0 saturated carbocycles. The smallest absolute Gasteiger partial charge is 0.257 e. The van der Waals surface area contributed by atoms with Crippen LogP contribution in [0.15, 0.2) is 0 Å². The van der Waals surface area contributed by atoms with Gasteiger partial charge >= 0.3 is 5.82 Å². The minimum Gasteiger partial charge on any atom is -0.257 e. The highest BCUT2D eigenvalue weighted by Gasteiger charge is 2.23. The van der Waals surface area contributed by atoms with E-state index in [9.17, 15) is 0 Å². The maximum absolute atomic E-state index is 4.86. The normalized spacial score (nSPS) is 11.0. The molecule has 0 bridgehead atoms. The van der Waals surface area contributed by atoms with Gasteiger partial charge in [0.2, 0.25) is 0 Å². The maximum atomic E-state index is 4.86. The van der Waals surface area contributed by atoms with Crippen molar-refractivity contribution in [2.45, 2.75) is 85.1 Å². The van der Waals surface area contributed by atoms with Crippen LogP contribution in [0, 0.1) is 0 Å². The predicted molar refractivity (Wildman–Crippen MR) is 84.5 cm³/mol. The third-order valence-corrected chi connectivity index (χ3v) is 3.76. The molecule has 1 aromatic heterocycles. The lowest BCUT2D eigenvalue weighted by Gasteiger charge is -2.02. The Morgan fingerprint density at radius 1 is 0.950 bits per heavy atom. The van der Waals surface area contributed by atoms with Gasteiger partial charge in [-0.1, -0.05) is 40.0 Å². The summed E-state index contributed by atoms with van der Waals surface area (Å²) in [6.07, 6.45) is 10.9. The van der Waals surface area contributed by atoms with E-state index in [0.29, 0.717) is 0 Å². The molecular weight excluding hydrogens is 248 g/mol. The highest BCUT2D eigenvalue weighted by molar-refractivity contribution is 4.94. The summed E-state index contributed by atoms with van der Waals surface area (Å²) in [5.41, 5.74) is 3.33. The fourth-order valence-corrected chi connectivity index (χ4v) is 2.53. The number of nitrogens with zero attached hydrogens (tertiary/aromatic N) is 3. The number of rotatable bonds is 11. The van der Waals surface area contributed by atoms with Crippen molar-refractivity contribution in [2.75, 3.05) is 12.5 Å². The van der Waals surface area contributed by atoms with Crippen LogP contribution < -0.4 is 10.1 Å². The van der Waals surface area contributed by atoms with Crippen LogP contribution in [0.2, 0.25) is 0 Å². The average Bonchev–Trinajstić information content (AvgIpc) is 2.80. The zero-order valence-electron chi connectivity index (χ0n) is 13.9. The molecule has 0 radical (unpaired) electrons. The first kappa shape index (κ1) is 17.0. The SMILES string of the molecule is CCCCC[n+]1nc(CCCC)n(NC)c1CCCC. The fraction of sp³-hybridized carbons (Fsp3) is 0.875. The molecule has 0 amide bonds. The Morgan fingerprint density at radius 2 is 1.60 bits per heavy atom. The second kappa shape index (κ2) is 9.78. The van der Waals surface area contributed by atoms with Crippen LogP contribution in [0.1, 0.15) is 77.4 Å². The summed E-state index contributed by atoms with van der Waals surface area (Å²) in [4.78, 5) is 0. The summed E-state index contributed by atoms with van der Waals surface area (Å²) in [5, 5.41) is 4.86. The summed E-state index contributed by atoms with van der Waals surface area (Å²) < 4.78 is 4.46. The Kier molecular flexibility index (Phi) is 8.31. The molecule has 0 aliphatic rings. The molecule has 1 heterocycles. The van der Waals surface area contributed by atoms with Gasteiger partial charge in [0, 0.05) is 13.5 Å². The van der Waals surface area contributed by atoms with Crippen LogP contribution in [-0.4, -0.2) is 16.8 Å². The van der Waals surface area contributed by atoms with Crippen LogP contribution in [0.5, 0.6) is 0 Å². The van der Waals surface area contributed by atoms with E-state index < -0.39 is 0 Å². The average molecular weight is 281 g/mol. The lowest BCUT2D eigenvalue weighted by molar-refractivity contribution is -0.759. The van der Waals surface area contributed by atoms with E-state index in [0.717, 1.165) is 19.4 Å². The van der Waals surface area contributed by atoms with Gasteiger partial charge in [-0.3, -0.25) is 5.43 Å². The van der Waals surface area contributed by atoms with Crippen LogP contribution in [0.25, 0.3) is 0 Å². The lowest BCUT2D eigenvalue weighted by atomic mass is 10.2. The zero-order valence-corrected chi connectivity index (χ0v) is 13.9. The van der Waals surface area contributed by atoms with Crippen LogP contribution in [0.4, 0.5) is 0 Å². The molecule has 0 aliphatic heterocycles. The molecule has 1 aromatic rings. The van der Waals surface area contributed by atoms with Gasteiger partial charge in [0.05, 0.1) is 6.42 Å². The number of aromatic nitrogens is 3. The Labute approximate surface area is 124 Å². The zero-order chi connectivity index (χ0) is 14.8. The van der Waals surface area contributed by atoms with E-state index in [1.165, 1.54) is 56.6 Å². The molecule has 0 fully saturated rings. The Hall–Kier alpha value is -1.06. The third-order valence-electron chi connectivity index (χ3n) is 3.76. The van der Waals surface area contributed by atoms with Crippen molar-refractivity contribution in [1.29, 1.82) is 0 Å². The summed E-state index contributed by atoms with van der Waals surface area (Å²) in [7, 11) is 2.00. The van der Waals surface area contributed by atoms with E-state index in [1.54, 1.807) is 0 Å². The highest BCUT2D eigenvalue weighted by Crippen LogP contribution is 2.07. The molecule has 0 spiro atoms. The molecule has 0 unspecified atom stereocenters. The van der Waals surface area contributed by atoms with Gasteiger partial charge in [-0.05, 0) is 30.8 Å². The van der Waals surface area contributed by atoms with E-state index in [-0.39, 0.29) is 0 Å². The second-order valence-electron chi connectivity index (χ2n) is 5.53. The van der Waals surface area contributed by atoms with Crippen molar-refractivity contribution >= 4 is 0 Å². The van der Waals surface area contributed by atoms with Crippen LogP contribution >= 0.6 is 0 Å². The number of hydrogen-bond acceptors (Lipinski definition) is 2. The van der Waals surface area contributed by atoms with Crippen molar-refractivity contribution in [3.8, 4) is 0 Å². The molecule has 0 aromatic carbocycles. The van der Waals surface area contributed by atoms with Crippen molar-refractivity contribution in [1.82, 2.24) is 9.77 Å². The summed E-state index contributed by atoms with van der Waals surface area (Å²) in [5.74, 6) is 2.54. The molecule has 20 heavy (non-hydrogen) atoms. The van der Waals surface area contributed by atoms with Crippen molar-refractivity contribution in [2.24, 2.45) is 0 Å². The van der Waals surface area contributed by atoms with Gasteiger partial charge in [-0.15, -0.1) is 9.36 Å². The molecule has 4 nitrogen and oxygen atoms in total. The highest BCUT2D eigenvalue weighted by atomic mass is 15.5. The Bertz CT molecular complexity index is 371. The maximum Gasteiger partial charge on any atom is 0.302 e. The number of unbranched alkanes of at least 4 members (excludes halogenated alkanes) is 4. The van der Waals surface area contributed by atoms with Gasteiger partial charge in [-0.25, -0.2) is 0 Å². The molecule has 116 valence electrons. The first-order chi connectivity index (χ1) is 9.78. The lowest BCUT2D eigenvalue weighted by Crippen LogP contribution is -2.41. The molecule has 0 atom stereocenters. The second-order valence-corrected chi connectivity index (χ2v) is 5.53. The van der Waals surface area contributed by atoms with Crippen molar-refractivity contribution < 1.29 is 4.68 Å². The molecule has 4 heteroatoms. The van der Waals surface area contributed by atoms with Crippen LogP contribution in [-0.2, 0) is 19.4 Å². The minimum atomic E-state index is 1.06. The standard InChI is InChI=1S/C16H33N4/c1-5-8-11-14-19-16(13-10-7-3)20(17-4)15(18-19)12-9-6-2/h17H,5-14H2,1-4H3/q+1. The fourth-order valence-electron chi connectivity index (χ4n) is 2.53. The quantitative estimate of drug-likeness (QED) is 0.499. The summed E-state index contributed by atoms with van der Waals surface area (Å²) >= 11 is 0. The monoisotopic (exact) mass is 281 g/mol. The third kappa shape index (κ3) is 4.80. The molecule has 1 N–H and O–H groups in total. The first-order valence-electron chi connectivity index (χ1n) is 8.46.